The van der Waals surface area contributed by atoms with Crippen LogP contribution in [0.2, 0.25) is 0 Å². The fourth-order valence-electron chi connectivity index (χ4n) is 8.79. The lowest BCUT2D eigenvalue weighted by Gasteiger charge is -2.34. The van der Waals surface area contributed by atoms with Gasteiger partial charge in [-0.3, -0.25) is 4.98 Å². The van der Waals surface area contributed by atoms with Crippen LogP contribution in [-0.4, -0.2) is 66.4 Å². The monoisotopic (exact) mass is 749 g/mol. The largest absolute Gasteiger partial charge is 0.376 e. The maximum atomic E-state index is 15.4. The molecule has 284 valence electrons. The van der Waals surface area contributed by atoms with Crippen LogP contribution < -0.4 is 10.2 Å². The van der Waals surface area contributed by atoms with Crippen LogP contribution in [-0.2, 0) is 19.4 Å². The van der Waals surface area contributed by atoms with Gasteiger partial charge in [-0.2, -0.15) is 5.10 Å². The summed E-state index contributed by atoms with van der Waals surface area (Å²) in [6.45, 7) is 13.4. The second-order valence-electron chi connectivity index (χ2n) is 15.6. The summed E-state index contributed by atoms with van der Waals surface area (Å²) in [4.78, 5) is 19.9. The Labute approximate surface area is 325 Å². The minimum atomic E-state index is -0.686. The van der Waals surface area contributed by atoms with Crippen LogP contribution in [0.3, 0.4) is 0 Å². The topological polar surface area (TPSA) is 79.9 Å². The molecule has 0 radical (unpaired) electrons. The molecule has 3 aromatic carbocycles. The number of aromatic nitrogens is 6. The van der Waals surface area contributed by atoms with Crippen LogP contribution in [0.5, 0.6) is 0 Å². The maximum Gasteiger partial charge on any atom is 0.151 e. The molecule has 1 fully saturated rings. The molecule has 6 heterocycles. The van der Waals surface area contributed by atoms with Gasteiger partial charge in [-0.25, -0.2) is 23.4 Å². The smallest absolute Gasteiger partial charge is 0.151 e. The van der Waals surface area contributed by atoms with Crippen molar-refractivity contribution in [1.82, 2.24) is 34.2 Å². The first-order valence-electron chi connectivity index (χ1n) is 19.3. The van der Waals surface area contributed by atoms with E-state index in [1.165, 1.54) is 17.7 Å². The standard InChI is InChI=1S/C45H45F2N9/c1-27-18-34-37-12-9-13-43(52-37)51-33-21-41(29(3)53(5)24-28(2)25-54-30(4)50-39(19-27)44(34)54)55(26-33)42-23-48-38(16-14-31-10-7-6-8-11-31)45-35(42)22-49-56(45)40-17-15-32(46)20-36(40)47/h6-13,15,17-20,22-23,28,33,41H,3,14,16,21,24-26H2,1-2,4-5H3,(H,51,52). The average Bonchev–Trinajstić information content (AvgIpc) is 3.89. The normalized spacial score (nSPS) is 18.7. The number of fused-ring (bicyclic) bond motifs is 6. The number of anilines is 2. The van der Waals surface area contributed by atoms with E-state index >= 15 is 4.39 Å². The molecular weight excluding hydrogens is 705 g/mol. The Morgan fingerprint density at radius 2 is 1.70 bits per heavy atom. The molecule has 3 unspecified atom stereocenters. The fraction of sp³-hybridized carbons (Fsp3) is 0.289. The second kappa shape index (κ2) is 14.2. The summed E-state index contributed by atoms with van der Waals surface area (Å²) in [6, 6.07) is 24.3. The molecule has 9 rings (SSSR count). The number of imidazole rings is 1. The molecule has 11 heteroatoms. The van der Waals surface area contributed by atoms with E-state index in [0.29, 0.717) is 18.5 Å². The molecule has 2 aliphatic heterocycles. The van der Waals surface area contributed by atoms with Crippen molar-refractivity contribution in [3.63, 3.8) is 0 Å². The molecule has 0 aliphatic carbocycles. The quantitative estimate of drug-likeness (QED) is 0.189. The number of benzene rings is 3. The zero-order valence-corrected chi connectivity index (χ0v) is 32.2. The van der Waals surface area contributed by atoms with Gasteiger partial charge in [0.05, 0.1) is 52.1 Å². The van der Waals surface area contributed by atoms with E-state index in [9.17, 15) is 4.39 Å². The molecule has 3 atom stereocenters. The Bertz CT molecular complexity index is 2610. The predicted octanol–water partition coefficient (Wildman–Crippen LogP) is 8.67. The highest BCUT2D eigenvalue weighted by molar-refractivity contribution is 5.95. The lowest BCUT2D eigenvalue weighted by Crippen LogP contribution is -2.38. The Morgan fingerprint density at radius 1 is 0.857 bits per heavy atom. The van der Waals surface area contributed by atoms with Gasteiger partial charge in [0.2, 0.25) is 0 Å². The van der Waals surface area contributed by atoms with Gasteiger partial charge in [0.15, 0.2) is 5.82 Å². The summed E-state index contributed by atoms with van der Waals surface area (Å²) in [6.07, 6.45) is 5.86. The molecule has 0 spiro atoms. The van der Waals surface area contributed by atoms with E-state index in [0.717, 1.165) is 94.0 Å². The third kappa shape index (κ3) is 6.44. The van der Waals surface area contributed by atoms with Gasteiger partial charge in [0, 0.05) is 55.4 Å². The maximum absolute atomic E-state index is 15.4. The molecule has 1 saturated heterocycles. The SMILES string of the molecule is C=C1C2CC(CN2c2cnc(CCc3ccccc3)c3c2cnn3-c2ccc(F)cc2F)Nc2cccc(n2)-c2cc(C)cc3nc(C)n(c23)CC(C)CN1C. The van der Waals surface area contributed by atoms with Gasteiger partial charge < -0.3 is 19.7 Å². The number of hydrogen-bond donors (Lipinski definition) is 1. The molecule has 56 heavy (non-hydrogen) atoms. The first-order valence-corrected chi connectivity index (χ1v) is 19.3. The van der Waals surface area contributed by atoms with Gasteiger partial charge in [-0.15, -0.1) is 0 Å². The molecule has 0 saturated carbocycles. The summed E-state index contributed by atoms with van der Waals surface area (Å²) in [5.74, 6) is 0.728. The van der Waals surface area contributed by atoms with E-state index in [4.69, 9.17) is 26.6 Å². The zero-order valence-electron chi connectivity index (χ0n) is 32.2. The van der Waals surface area contributed by atoms with Crippen LogP contribution in [0, 0.1) is 31.4 Å². The Balaban J connectivity index is 1.14. The molecule has 7 aromatic rings. The van der Waals surface area contributed by atoms with Gasteiger partial charge in [0.1, 0.15) is 23.1 Å². The molecular formula is C45H45F2N9. The van der Waals surface area contributed by atoms with Gasteiger partial charge >= 0.3 is 0 Å². The van der Waals surface area contributed by atoms with Crippen molar-refractivity contribution < 1.29 is 8.78 Å². The van der Waals surface area contributed by atoms with Crippen molar-refractivity contribution in [2.75, 3.05) is 30.4 Å². The highest BCUT2D eigenvalue weighted by atomic mass is 19.1. The number of aryl methyl sites for hydroxylation is 4. The summed E-state index contributed by atoms with van der Waals surface area (Å²) in [5, 5.41) is 9.37. The number of nitrogens with zero attached hydrogens (tertiary/aromatic N) is 8. The Kier molecular flexibility index (Phi) is 9.02. The number of pyridine rings is 2. The predicted molar refractivity (Wildman–Crippen MR) is 219 cm³/mol. The van der Waals surface area contributed by atoms with Crippen molar-refractivity contribution >= 4 is 33.4 Å². The van der Waals surface area contributed by atoms with E-state index in [2.05, 4.69) is 83.9 Å². The van der Waals surface area contributed by atoms with Crippen LogP contribution in [0.1, 0.15) is 36.0 Å². The highest BCUT2D eigenvalue weighted by Crippen LogP contribution is 2.39. The first-order chi connectivity index (χ1) is 27.1. The fourth-order valence-corrected chi connectivity index (χ4v) is 8.79. The first kappa shape index (κ1) is 35.6. The number of halogens is 2. The number of nitrogens with one attached hydrogen (secondary N) is 1. The third-order valence-electron chi connectivity index (χ3n) is 11.4. The van der Waals surface area contributed by atoms with Gasteiger partial charge in [0.25, 0.3) is 0 Å². The Morgan fingerprint density at radius 3 is 2.52 bits per heavy atom. The van der Waals surface area contributed by atoms with E-state index in [1.54, 1.807) is 10.9 Å². The summed E-state index contributed by atoms with van der Waals surface area (Å²) in [5.41, 5.74) is 9.95. The molecule has 4 aromatic heterocycles. The summed E-state index contributed by atoms with van der Waals surface area (Å²) < 4.78 is 33.5. The minimum Gasteiger partial charge on any atom is -0.376 e. The van der Waals surface area contributed by atoms with E-state index < -0.39 is 11.6 Å². The molecule has 4 bridgehead atoms. The number of likely N-dealkylation sites (N-methyl/N-ethyl adjacent to an activating group) is 1. The number of hydrogen-bond acceptors (Lipinski definition) is 7. The minimum absolute atomic E-state index is 0.0261. The molecule has 2 aliphatic rings. The molecule has 0 amide bonds. The second-order valence-corrected chi connectivity index (χ2v) is 15.6. The van der Waals surface area contributed by atoms with Crippen molar-refractivity contribution in [3.05, 3.63) is 138 Å². The summed E-state index contributed by atoms with van der Waals surface area (Å²) in [7, 11) is 2.13. The zero-order chi connectivity index (χ0) is 38.7. The average molecular weight is 750 g/mol. The number of rotatable bonds is 5. The Hall–Kier alpha value is -6.10. The van der Waals surface area contributed by atoms with E-state index in [-0.39, 0.29) is 23.7 Å². The summed E-state index contributed by atoms with van der Waals surface area (Å²) >= 11 is 0. The van der Waals surface area contributed by atoms with Crippen LogP contribution in [0.4, 0.5) is 20.3 Å². The third-order valence-corrected chi connectivity index (χ3v) is 11.4. The molecule has 9 nitrogen and oxygen atoms in total. The van der Waals surface area contributed by atoms with Crippen LogP contribution in [0.15, 0.2) is 104 Å². The lowest BCUT2D eigenvalue weighted by molar-refractivity contribution is 0.308. The molecule has 1 N–H and O–H groups in total. The van der Waals surface area contributed by atoms with Crippen molar-refractivity contribution in [3.8, 4) is 16.9 Å². The highest BCUT2D eigenvalue weighted by Gasteiger charge is 2.37. The van der Waals surface area contributed by atoms with Gasteiger partial charge in [-0.1, -0.05) is 49.9 Å². The van der Waals surface area contributed by atoms with E-state index in [1.807, 2.05) is 30.5 Å². The lowest BCUT2D eigenvalue weighted by atomic mass is 10.0. The van der Waals surface area contributed by atoms with Crippen molar-refractivity contribution in [2.45, 2.75) is 58.7 Å². The van der Waals surface area contributed by atoms with Gasteiger partial charge in [-0.05, 0) is 86.6 Å². The van der Waals surface area contributed by atoms with Crippen LogP contribution in [0.25, 0.3) is 38.9 Å². The van der Waals surface area contributed by atoms with Crippen molar-refractivity contribution in [1.29, 1.82) is 0 Å². The van der Waals surface area contributed by atoms with Crippen LogP contribution >= 0.6 is 0 Å². The van der Waals surface area contributed by atoms with Crippen molar-refractivity contribution in [2.24, 2.45) is 5.92 Å².